The lowest BCUT2D eigenvalue weighted by Crippen LogP contribution is -2.15. The summed E-state index contributed by atoms with van der Waals surface area (Å²) in [5.41, 5.74) is -0.0662. The van der Waals surface area contributed by atoms with Crippen LogP contribution in [0.15, 0.2) is 47.4 Å². The first kappa shape index (κ1) is 16.4. The molecule has 2 N–H and O–H groups in total. The van der Waals surface area contributed by atoms with E-state index in [4.69, 9.17) is 5.11 Å². The summed E-state index contributed by atoms with van der Waals surface area (Å²) in [4.78, 5) is 20.9. The smallest absolute Gasteiger partial charge is 0.335 e. The van der Waals surface area contributed by atoms with E-state index in [1.807, 2.05) is 0 Å². The molecule has 0 saturated carbocycles. The highest BCUT2D eigenvalue weighted by Gasteiger charge is 2.20. The summed E-state index contributed by atoms with van der Waals surface area (Å²) in [5, 5.41) is 19.7. The van der Waals surface area contributed by atoms with E-state index in [1.165, 1.54) is 37.3 Å². The molecule has 0 heterocycles. The number of anilines is 1. The Balaban J connectivity index is 2.43. The van der Waals surface area contributed by atoms with Crippen LogP contribution in [0.2, 0.25) is 0 Å². The van der Waals surface area contributed by atoms with Crippen molar-refractivity contribution in [2.24, 2.45) is 0 Å². The Kier molecular flexibility index (Phi) is 4.32. The third-order valence-corrected chi connectivity index (χ3v) is 4.56. The van der Waals surface area contributed by atoms with Crippen LogP contribution in [0.1, 0.15) is 15.9 Å². The lowest BCUT2D eigenvalue weighted by molar-refractivity contribution is -0.384. The summed E-state index contributed by atoms with van der Waals surface area (Å²) in [5.74, 6) is -1.25. The van der Waals surface area contributed by atoms with Crippen molar-refractivity contribution in [1.29, 1.82) is 0 Å². The van der Waals surface area contributed by atoms with E-state index in [2.05, 4.69) is 4.72 Å². The number of hydrogen-bond donors (Lipinski definition) is 2. The van der Waals surface area contributed by atoms with Crippen molar-refractivity contribution < 1.29 is 23.2 Å². The molecule has 23 heavy (non-hydrogen) atoms. The number of hydrogen-bond acceptors (Lipinski definition) is 5. The van der Waals surface area contributed by atoms with Gasteiger partial charge in [0.15, 0.2) is 0 Å². The molecule has 0 amide bonds. The van der Waals surface area contributed by atoms with Gasteiger partial charge >= 0.3 is 5.97 Å². The molecule has 2 aromatic carbocycles. The molecule has 2 rings (SSSR count). The summed E-state index contributed by atoms with van der Waals surface area (Å²) in [6, 6.07) is 8.73. The second-order valence-electron chi connectivity index (χ2n) is 4.70. The average molecular weight is 336 g/mol. The molecular formula is C14H12N2O6S. The van der Waals surface area contributed by atoms with E-state index in [-0.39, 0.29) is 21.8 Å². The average Bonchev–Trinajstić information content (AvgIpc) is 2.47. The van der Waals surface area contributed by atoms with Crippen LogP contribution in [-0.2, 0) is 10.0 Å². The zero-order valence-electron chi connectivity index (χ0n) is 11.9. The molecule has 0 aliphatic carbocycles. The van der Waals surface area contributed by atoms with Crippen LogP contribution >= 0.6 is 0 Å². The number of rotatable bonds is 5. The molecule has 2 aromatic rings. The number of sulfonamides is 1. The van der Waals surface area contributed by atoms with Gasteiger partial charge in [0.25, 0.3) is 15.7 Å². The molecule has 8 nitrogen and oxygen atoms in total. The van der Waals surface area contributed by atoms with Crippen LogP contribution < -0.4 is 4.72 Å². The number of carboxylic acid groups (broad SMARTS) is 1. The Labute approximate surface area is 131 Å². The van der Waals surface area contributed by atoms with Crippen molar-refractivity contribution in [3.05, 3.63) is 63.7 Å². The maximum absolute atomic E-state index is 12.4. The number of benzene rings is 2. The van der Waals surface area contributed by atoms with Crippen LogP contribution in [0.4, 0.5) is 11.4 Å². The van der Waals surface area contributed by atoms with Gasteiger partial charge < -0.3 is 5.11 Å². The van der Waals surface area contributed by atoms with Gasteiger partial charge in [0, 0.05) is 12.1 Å². The van der Waals surface area contributed by atoms with Crippen molar-refractivity contribution in [2.45, 2.75) is 11.8 Å². The minimum atomic E-state index is -4.08. The molecule has 0 aliphatic heterocycles. The standard InChI is InChI=1S/C14H12N2O6S/c1-9-5-6-10(14(17)18)7-13(9)23(21,22)15-11-3-2-4-12(8-11)16(19)20/h2-8,15H,1H3,(H,17,18). The normalized spacial score (nSPS) is 11.0. The fraction of sp³-hybridized carbons (Fsp3) is 0.0714. The Morgan fingerprint density at radius 2 is 1.91 bits per heavy atom. The number of carboxylic acids is 1. The Morgan fingerprint density at radius 1 is 1.22 bits per heavy atom. The van der Waals surface area contributed by atoms with Crippen molar-refractivity contribution in [1.82, 2.24) is 0 Å². The van der Waals surface area contributed by atoms with Crippen LogP contribution in [0.25, 0.3) is 0 Å². The van der Waals surface area contributed by atoms with Gasteiger partial charge in [-0.2, -0.15) is 0 Å². The summed E-state index contributed by atoms with van der Waals surface area (Å²) >= 11 is 0. The topological polar surface area (TPSA) is 127 Å². The first-order chi connectivity index (χ1) is 10.7. The summed E-state index contributed by atoms with van der Waals surface area (Å²) in [6.07, 6.45) is 0. The van der Waals surface area contributed by atoms with Gasteiger partial charge in [0.05, 0.1) is 21.1 Å². The molecule has 120 valence electrons. The van der Waals surface area contributed by atoms with Gasteiger partial charge in [-0.15, -0.1) is 0 Å². The maximum atomic E-state index is 12.4. The third-order valence-electron chi connectivity index (χ3n) is 3.03. The monoisotopic (exact) mass is 336 g/mol. The molecule has 0 aromatic heterocycles. The third kappa shape index (κ3) is 3.64. The van der Waals surface area contributed by atoms with E-state index in [9.17, 15) is 23.3 Å². The molecule has 0 atom stereocenters. The molecular weight excluding hydrogens is 324 g/mol. The fourth-order valence-electron chi connectivity index (χ4n) is 1.92. The minimum absolute atomic E-state index is 0.0133. The number of aromatic carboxylic acids is 1. The molecule has 0 bridgehead atoms. The van der Waals surface area contributed by atoms with E-state index < -0.39 is 20.9 Å². The Bertz CT molecular complexity index is 892. The van der Waals surface area contributed by atoms with Crippen LogP contribution in [0, 0.1) is 17.0 Å². The van der Waals surface area contributed by atoms with Crippen molar-refractivity contribution in [3.63, 3.8) is 0 Å². The number of non-ortho nitro benzene ring substituents is 1. The van der Waals surface area contributed by atoms with Crippen molar-refractivity contribution in [3.8, 4) is 0 Å². The summed E-state index contributed by atoms with van der Waals surface area (Å²) < 4.78 is 27.0. The first-order valence-corrected chi connectivity index (χ1v) is 7.80. The number of nitrogens with one attached hydrogen (secondary N) is 1. The van der Waals surface area contributed by atoms with Crippen LogP contribution in [0.5, 0.6) is 0 Å². The van der Waals surface area contributed by atoms with Gasteiger partial charge in [-0.25, -0.2) is 13.2 Å². The molecule has 0 fully saturated rings. The quantitative estimate of drug-likeness (QED) is 0.637. The highest BCUT2D eigenvalue weighted by Crippen LogP contribution is 2.23. The van der Waals surface area contributed by atoms with Crippen LogP contribution in [-0.4, -0.2) is 24.4 Å². The number of nitro benzene ring substituents is 1. The maximum Gasteiger partial charge on any atom is 0.335 e. The number of nitrogens with zero attached hydrogens (tertiary/aromatic N) is 1. The highest BCUT2D eigenvalue weighted by atomic mass is 32.2. The molecule has 0 aliphatic rings. The predicted molar refractivity (Wildman–Crippen MR) is 82.0 cm³/mol. The SMILES string of the molecule is Cc1ccc(C(=O)O)cc1S(=O)(=O)Nc1cccc([N+](=O)[O-])c1. The van der Waals surface area contributed by atoms with E-state index in [0.717, 1.165) is 12.1 Å². The van der Waals surface area contributed by atoms with Gasteiger partial charge in [-0.3, -0.25) is 14.8 Å². The Hall–Kier alpha value is -2.94. The summed E-state index contributed by atoms with van der Waals surface area (Å²) in [7, 11) is -4.08. The number of carbonyl (C=O) groups is 1. The van der Waals surface area contributed by atoms with Crippen LogP contribution in [0.3, 0.4) is 0 Å². The van der Waals surface area contributed by atoms with Gasteiger partial charge in [-0.05, 0) is 30.7 Å². The molecule has 0 radical (unpaired) electrons. The highest BCUT2D eigenvalue weighted by molar-refractivity contribution is 7.92. The minimum Gasteiger partial charge on any atom is -0.478 e. The molecule has 0 unspecified atom stereocenters. The second-order valence-corrected chi connectivity index (χ2v) is 6.35. The molecule has 0 spiro atoms. The fourth-order valence-corrected chi connectivity index (χ4v) is 3.24. The van der Waals surface area contributed by atoms with E-state index in [1.54, 1.807) is 0 Å². The first-order valence-electron chi connectivity index (χ1n) is 6.32. The number of nitro groups is 1. The molecule has 0 saturated heterocycles. The lowest BCUT2D eigenvalue weighted by atomic mass is 10.1. The van der Waals surface area contributed by atoms with Crippen molar-refractivity contribution in [2.75, 3.05) is 4.72 Å². The summed E-state index contributed by atoms with van der Waals surface area (Å²) in [6.45, 7) is 1.52. The largest absolute Gasteiger partial charge is 0.478 e. The van der Waals surface area contributed by atoms with Crippen molar-refractivity contribution >= 4 is 27.4 Å². The lowest BCUT2D eigenvalue weighted by Gasteiger charge is -2.11. The predicted octanol–water partition coefficient (Wildman–Crippen LogP) is 2.40. The van der Waals surface area contributed by atoms with Gasteiger partial charge in [-0.1, -0.05) is 12.1 Å². The Morgan fingerprint density at radius 3 is 2.52 bits per heavy atom. The zero-order chi connectivity index (χ0) is 17.2. The number of aryl methyl sites for hydroxylation is 1. The van der Waals surface area contributed by atoms with E-state index >= 15 is 0 Å². The second kappa shape index (κ2) is 6.05. The zero-order valence-corrected chi connectivity index (χ0v) is 12.7. The molecule has 9 heteroatoms. The van der Waals surface area contributed by atoms with E-state index in [0.29, 0.717) is 5.56 Å². The van der Waals surface area contributed by atoms with Gasteiger partial charge in [0.1, 0.15) is 0 Å². The van der Waals surface area contributed by atoms with Gasteiger partial charge in [0.2, 0.25) is 0 Å².